The van der Waals surface area contributed by atoms with Crippen molar-refractivity contribution >= 4 is 27.1 Å². The number of benzene rings is 2. The zero-order valence-electron chi connectivity index (χ0n) is 16.5. The van der Waals surface area contributed by atoms with Crippen LogP contribution in [0.1, 0.15) is 46.1 Å². The Kier molecular flexibility index (Phi) is 6.55. The topological polar surface area (TPSA) is 71.4 Å². The molecule has 0 bridgehead atoms. The molecule has 152 valence electrons. The maximum atomic E-state index is 12.9. The summed E-state index contributed by atoms with van der Waals surface area (Å²) in [6.07, 6.45) is 3.28. The first kappa shape index (κ1) is 21.3. The van der Waals surface area contributed by atoms with E-state index in [2.05, 4.69) is 19.1 Å². The Morgan fingerprint density at radius 2 is 1.76 bits per heavy atom. The molecule has 0 saturated carbocycles. The minimum Gasteiger partial charge on any atom is -0.477 e. The molecule has 0 atom stereocenters. The molecule has 1 aromatic heterocycles. The molecule has 0 spiro atoms. The molecule has 0 saturated heterocycles. The second-order valence-electron chi connectivity index (χ2n) is 7.10. The van der Waals surface area contributed by atoms with Gasteiger partial charge in [0, 0.05) is 4.88 Å². The summed E-state index contributed by atoms with van der Waals surface area (Å²) in [6, 6.07) is 16.5. The van der Waals surface area contributed by atoms with E-state index in [-0.39, 0.29) is 15.5 Å². The Bertz CT molecular complexity index is 1110. The van der Waals surface area contributed by atoms with Gasteiger partial charge in [-0.15, -0.1) is 11.3 Å². The quantitative estimate of drug-likeness (QED) is 0.497. The number of carbonyl (C=O) groups is 1. The zero-order chi connectivity index (χ0) is 21.0. The van der Waals surface area contributed by atoms with Crippen molar-refractivity contribution in [2.45, 2.75) is 43.8 Å². The first-order chi connectivity index (χ1) is 13.8. The van der Waals surface area contributed by atoms with Crippen molar-refractivity contribution in [3.05, 3.63) is 76.2 Å². The number of thiophene rings is 1. The summed E-state index contributed by atoms with van der Waals surface area (Å²) in [5, 5.41) is 9.60. The average molecular weight is 429 g/mol. The Balaban J connectivity index is 1.93. The van der Waals surface area contributed by atoms with E-state index < -0.39 is 15.8 Å². The van der Waals surface area contributed by atoms with Crippen molar-refractivity contribution in [1.29, 1.82) is 0 Å². The Morgan fingerprint density at radius 3 is 2.38 bits per heavy atom. The number of rotatable bonds is 8. The van der Waals surface area contributed by atoms with E-state index in [9.17, 15) is 18.3 Å². The smallest absolute Gasteiger partial charge is 0.346 e. The number of carboxylic acid groups (broad SMARTS) is 1. The van der Waals surface area contributed by atoms with Crippen molar-refractivity contribution in [2.24, 2.45) is 0 Å². The van der Waals surface area contributed by atoms with Crippen molar-refractivity contribution in [3.8, 4) is 10.4 Å². The van der Waals surface area contributed by atoms with E-state index >= 15 is 0 Å². The van der Waals surface area contributed by atoms with E-state index in [4.69, 9.17) is 0 Å². The summed E-state index contributed by atoms with van der Waals surface area (Å²) in [4.78, 5) is 12.8. The van der Waals surface area contributed by atoms with Crippen LogP contribution in [0.2, 0.25) is 0 Å². The van der Waals surface area contributed by atoms with Crippen LogP contribution in [0, 0.1) is 6.92 Å². The third-order valence-corrected chi connectivity index (χ3v) is 7.87. The molecular formula is C23H24O4S2. The van der Waals surface area contributed by atoms with Crippen LogP contribution >= 0.6 is 11.3 Å². The SMILES string of the molecule is CCCCc1ccc(-c2cc(CS(=O)(=O)c3ccccc3C)c(C(=O)O)s2)cc1. The van der Waals surface area contributed by atoms with Crippen LogP contribution in [-0.2, 0) is 22.0 Å². The molecule has 4 nitrogen and oxygen atoms in total. The van der Waals surface area contributed by atoms with Crippen LogP contribution in [0.25, 0.3) is 10.4 Å². The van der Waals surface area contributed by atoms with Gasteiger partial charge in [0.2, 0.25) is 0 Å². The second-order valence-corrected chi connectivity index (χ2v) is 10.1. The highest BCUT2D eigenvalue weighted by atomic mass is 32.2. The molecule has 3 rings (SSSR count). The van der Waals surface area contributed by atoms with Crippen molar-refractivity contribution < 1.29 is 18.3 Å². The predicted molar refractivity (Wildman–Crippen MR) is 117 cm³/mol. The number of carboxylic acids is 1. The lowest BCUT2D eigenvalue weighted by Gasteiger charge is -2.07. The van der Waals surface area contributed by atoms with E-state index in [0.717, 1.165) is 41.0 Å². The molecule has 0 aliphatic rings. The summed E-state index contributed by atoms with van der Waals surface area (Å²) in [6.45, 7) is 3.89. The lowest BCUT2D eigenvalue weighted by molar-refractivity contribution is 0.0701. The molecule has 0 radical (unpaired) electrons. The van der Waals surface area contributed by atoms with Crippen molar-refractivity contribution in [2.75, 3.05) is 0 Å². The van der Waals surface area contributed by atoms with Crippen LogP contribution in [-0.4, -0.2) is 19.5 Å². The van der Waals surface area contributed by atoms with Crippen LogP contribution in [0.15, 0.2) is 59.5 Å². The van der Waals surface area contributed by atoms with Crippen molar-refractivity contribution in [1.82, 2.24) is 0 Å². The number of unbranched alkanes of at least 4 members (excludes halogenated alkanes) is 1. The Labute approximate surface area is 175 Å². The van der Waals surface area contributed by atoms with Gasteiger partial charge < -0.3 is 5.11 Å². The molecule has 29 heavy (non-hydrogen) atoms. The molecule has 2 aromatic carbocycles. The second kappa shape index (κ2) is 8.93. The first-order valence-electron chi connectivity index (χ1n) is 9.55. The fraction of sp³-hybridized carbons (Fsp3) is 0.261. The maximum absolute atomic E-state index is 12.9. The molecule has 0 fully saturated rings. The number of hydrogen-bond donors (Lipinski definition) is 1. The first-order valence-corrected chi connectivity index (χ1v) is 12.0. The molecule has 0 aliphatic carbocycles. The van der Waals surface area contributed by atoms with Gasteiger partial charge in [-0.05, 0) is 54.2 Å². The molecule has 1 heterocycles. The average Bonchev–Trinajstić information content (AvgIpc) is 3.10. The number of sulfone groups is 1. The van der Waals surface area contributed by atoms with E-state index in [1.54, 1.807) is 37.3 Å². The largest absolute Gasteiger partial charge is 0.477 e. The normalized spacial score (nSPS) is 11.5. The van der Waals surface area contributed by atoms with Gasteiger partial charge in [0.15, 0.2) is 9.84 Å². The standard InChI is InChI=1S/C23H24O4S2/c1-3-4-8-17-10-12-18(13-11-17)20-14-19(22(28-20)23(24)25)15-29(26,27)21-9-6-5-7-16(21)2/h5-7,9-14H,3-4,8,15H2,1-2H3,(H,24,25). The predicted octanol–water partition coefficient (Wildman–Crippen LogP) is 5.74. The molecule has 0 aliphatic heterocycles. The lowest BCUT2D eigenvalue weighted by Crippen LogP contribution is -2.08. The van der Waals surface area contributed by atoms with Crippen molar-refractivity contribution in [3.63, 3.8) is 0 Å². The third-order valence-electron chi connectivity index (χ3n) is 4.83. The third kappa shape index (κ3) is 4.95. The highest BCUT2D eigenvalue weighted by Crippen LogP contribution is 2.34. The molecule has 6 heteroatoms. The van der Waals surface area contributed by atoms with Gasteiger partial charge in [-0.25, -0.2) is 13.2 Å². The Morgan fingerprint density at radius 1 is 1.07 bits per heavy atom. The molecule has 0 amide bonds. The minimum absolute atomic E-state index is 0.0761. The lowest BCUT2D eigenvalue weighted by atomic mass is 10.1. The zero-order valence-corrected chi connectivity index (χ0v) is 18.1. The van der Waals surface area contributed by atoms with Gasteiger partial charge in [-0.2, -0.15) is 0 Å². The summed E-state index contributed by atoms with van der Waals surface area (Å²) in [5.74, 6) is -1.43. The van der Waals surface area contributed by atoms with Crippen LogP contribution in [0.5, 0.6) is 0 Å². The summed E-state index contributed by atoms with van der Waals surface area (Å²) < 4.78 is 25.8. The van der Waals surface area contributed by atoms with Gasteiger partial charge >= 0.3 is 5.97 Å². The van der Waals surface area contributed by atoms with E-state index in [0.29, 0.717) is 11.1 Å². The minimum atomic E-state index is -3.64. The fourth-order valence-electron chi connectivity index (χ4n) is 3.26. The highest BCUT2D eigenvalue weighted by Gasteiger charge is 2.24. The summed E-state index contributed by atoms with van der Waals surface area (Å²) in [7, 11) is -3.64. The van der Waals surface area contributed by atoms with Gasteiger partial charge in [-0.3, -0.25) is 0 Å². The van der Waals surface area contributed by atoms with Gasteiger partial charge in [0.25, 0.3) is 0 Å². The van der Waals surface area contributed by atoms with Crippen LogP contribution in [0.4, 0.5) is 0 Å². The van der Waals surface area contributed by atoms with E-state index in [1.807, 2.05) is 12.1 Å². The monoisotopic (exact) mass is 428 g/mol. The summed E-state index contributed by atoms with van der Waals surface area (Å²) >= 11 is 1.12. The van der Waals surface area contributed by atoms with Gasteiger partial charge in [0.1, 0.15) is 4.88 Å². The highest BCUT2D eigenvalue weighted by molar-refractivity contribution is 7.90. The number of aromatic carboxylic acids is 1. The number of aryl methyl sites for hydroxylation is 2. The van der Waals surface area contributed by atoms with Gasteiger partial charge in [0.05, 0.1) is 10.6 Å². The fourth-order valence-corrected chi connectivity index (χ4v) is 6.02. The maximum Gasteiger partial charge on any atom is 0.346 e. The number of hydrogen-bond acceptors (Lipinski definition) is 4. The summed E-state index contributed by atoms with van der Waals surface area (Å²) in [5.41, 5.74) is 3.13. The van der Waals surface area contributed by atoms with E-state index in [1.165, 1.54) is 5.56 Å². The molecule has 1 N–H and O–H groups in total. The van der Waals surface area contributed by atoms with Gasteiger partial charge in [-0.1, -0.05) is 55.8 Å². The molecule has 0 unspecified atom stereocenters. The Hall–Kier alpha value is -2.44. The van der Waals surface area contributed by atoms with Crippen LogP contribution < -0.4 is 0 Å². The molecular weight excluding hydrogens is 404 g/mol. The molecule has 3 aromatic rings. The van der Waals surface area contributed by atoms with Crippen LogP contribution in [0.3, 0.4) is 0 Å².